The molecule has 3 aromatic rings. The van der Waals surface area contributed by atoms with Crippen molar-refractivity contribution in [2.45, 2.75) is 19.9 Å². The number of nitrogens with one attached hydrogen (secondary N) is 2. The fourth-order valence-corrected chi connectivity index (χ4v) is 3.57. The van der Waals surface area contributed by atoms with Crippen LogP contribution in [0.5, 0.6) is 0 Å². The van der Waals surface area contributed by atoms with Gasteiger partial charge in [-0.2, -0.15) is 0 Å². The van der Waals surface area contributed by atoms with Crippen molar-refractivity contribution >= 4 is 44.0 Å². The smallest absolute Gasteiger partial charge is 0.263 e. The highest BCUT2D eigenvalue weighted by atomic mass is 79.9. The van der Waals surface area contributed by atoms with Gasteiger partial charge in [-0.3, -0.25) is 4.79 Å². The highest BCUT2D eigenvalue weighted by molar-refractivity contribution is 9.10. The molecule has 4 nitrogen and oxygen atoms in total. The van der Waals surface area contributed by atoms with E-state index < -0.39 is 0 Å². The van der Waals surface area contributed by atoms with Crippen molar-refractivity contribution < 1.29 is 9.18 Å². The Morgan fingerprint density at radius 3 is 2.46 bits per heavy atom. The molecule has 0 radical (unpaired) electrons. The lowest BCUT2D eigenvalue weighted by Crippen LogP contribution is -2.26. The van der Waals surface area contributed by atoms with Crippen LogP contribution in [0, 0.1) is 12.7 Å². The van der Waals surface area contributed by atoms with Crippen LogP contribution in [0.15, 0.2) is 53.0 Å². The number of rotatable bonds is 5. The standard InChI is InChI=1S/C19H17BrFN3OS/c1-11(13-3-5-14(20)6-4-13)22-18(25)17-12(2)23-19(26-17)24-16-9-7-15(21)8-10-16/h3-11H,1-2H3,(H,22,25)(H,23,24)/t11-/m1/s1. The zero-order valence-electron chi connectivity index (χ0n) is 14.2. The van der Waals surface area contributed by atoms with Crippen LogP contribution in [0.25, 0.3) is 0 Å². The summed E-state index contributed by atoms with van der Waals surface area (Å²) in [6.07, 6.45) is 0. The maximum atomic E-state index is 13.0. The monoisotopic (exact) mass is 433 g/mol. The number of hydrogen-bond acceptors (Lipinski definition) is 4. The molecule has 1 heterocycles. The van der Waals surface area contributed by atoms with Crippen LogP contribution < -0.4 is 10.6 Å². The van der Waals surface area contributed by atoms with Gasteiger partial charge in [-0.25, -0.2) is 9.37 Å². The molecule has 7 heteroatoms. The van der Waals surface area contributed by atoms with Gasteiger partial charge in [0.05, 0.1) is 11.7 Å². The van der Waals surface area contributed by atoms with Crippen LogP contribution in [-0.4, -0.2) is 10.9 Å². The van der Waals surface area contributed by atoms with Gasteiger partial charge in [0.2, 0.25) is 0 Å². The summed E-state index contributed by atoms with van der Waals surface area (Å²) in [5.41, 5.74) is 2.39. The topological polar surface area (TPSA) is 54.0 Å². The van der Waals surface area contributed by atoms with Gasteiger partial charge >= 0.3 is 0 Å². The molecule has 1 atom stereocenters. The minimum Gasteiger partial charge on any atom is -0.345 e. The van der Waals surface area contributed by atoms with Gasteiger partial charge in [-0.15, -0.1) is 0 Å². The SMILES string of the molecule is Cc1nc(Nc2ccc(F)cc2)sc1C(=O)N[C@H](C)c1ccc(Br)cc1. The lowest BCUT2D eigenvalue weighted by atomic mass is 10.1. The molecule has 2 aromatic carbocycles. The largest absolute Gasteiger partial charge is 0.345 e. The van der Waals surface area contributed by atoms with E-state index in [0.29, 0.717) is 15.7 Å². The number of carbonyl (C=O) groups is 1. The Morgan fingerprint density at radius 2 is 1.81 bits per heavy atom. The van der Waals surface area contributed by atoms with Crippen molar-refractivity contribution in [2.24, 2.45) is 0 Å². The summed E-state index contributed by atoms with van der Waals surface area (Å²) in [5, 5.41) is 6.68. The highest BCUT2D eigenvalue weighted by Crippen LogP contribution is 2.26. The summed E-state index contributed by atoms with van der Waals surface area (Å²) >= 11 is 4.67. The molecule has 0 saturated heterocycles. The van der Waals surface area contributed by atoms with Crippen molar-refractivity contribution in [1.29, 1.82) is 0 Å². The van der Waals surface area contributed by atoms with E-state index >= 15 is 0 Å². The van der Waals surface area contributed by atoms with Crippen LogP contribution in [-0.2, 0) is 0 Å². The number of thiazole rings is 1. The molecule has 1 amide bonds. The lowest BCUT2D eigenvalue weighted by Gasteiger charge is -2.14. The molecule has 0 spiro atoms. The second kappa shape index (κ2) is 7.97. The Bertz CT molecular complexity index is 910. The molecule has 26 heavy (non-hydrogen) atoms. The van der Waals surface area contributed by atoms with Crippen molar-refractivity contribution in [3.63, 3.8) is 0 Å². The van der Waals surface area contributed by atoms with E-state index in [1.165, 1.54) is 23.5 Å². The highest BCUT2D eigenvalue weighted by Gasteiger charge is 2.18. The quantitative estimate of drug-likeness (QED) is 0.551. The number of halogens is 2. The van der Waals surface area contributed by atoms with Gasteiger partial charge in [-0.05, 0) is 55.8 Å². The molecule has 0 fully saturated rings. The molecular weight excluding hydrogens is 417 g/mol. The van der Waals surface area contributed by atoms with Crippen LogP contribution in [0.2, 0.25) is 0 Å². The van der Waals surface area contributed by atoms with Crippen molar-refractivity contribution in [2.75, 3.05) is 5.32 Å². The summed E-state index contributed by atoms with van der Waals surface area (Å²) in [6, 6.07) is 13.7. The average molecular weight is 434 g/mol. The fourth-order valence-electron chi connectivity index (χ4n) is 2.41. The van der Waals surface area contributed by atoms with E-state index in [4.69, 9.17) is 0 Å². The van der Waals surface area contributed by atoms with Crippen LogP contribution in [0.4, 0.5) is 15.2 Å². The molecule has 0 aliphatic rings. The summed E-state index contributed by atoms with van der Waals surface area (Å²) in [4.78, 5) is 17.5. The van der Waals surface area contributed by atoms with E-state index in [9.17, 15) is 9.18 Å². The Morgan fingerprint density at radius 1 is 1.15 bits per heavy atom. The number of hydrogen-bond donors (Lipinski definition) is 2. The average Bonchev–Trinajstić information content (AvgIpc) is 2.98. The minimum atomic E-state index is -0.298. The second-order valence-corrected chi connectivity index (χ2v) is 7.73. The maximum Gasteiger partial charge on any atom is 0.263 e. The Labute approximate surface area is 163 Å². The first-order chi connectivity index (χ1) is 12.4. The van der Waals surface area contributed by atoms with Crippen molar-refractivity contribution in [1.82, 2.24) is 10.3 Å². The second-order valence-electron chi connectivity index (χ2n) is 5.81. The Kier molecular flexibility index (Phi) is 5.68. The molecule has 0 aliphatic carbocycles. The molecule has 134 valence electrons. The Balaban J connectivity index is 1.70. The Hall–Kier alpha value is -2.25. The van der Waals surface area contributed by atoms with Crippen LogP contribution in [0.3, 0.4) is 0 Å². The normalized spacial score (nSPS) is 11.8. The van der Waals surface area contributed by atoms with E-state index in [1.807, 2.05) is 31.2 Å². The van der Waals surface area contributed by atoms with Gasteiger partial charge in [0, 0.05) is 10.2 Å². The summed E-state index contributed by atoms with van der Waals surface area (Å²) in [5.74, 6) is -0.463. The van der Waals surface area contributed by atoms with E-state index in [0.717, 1.165) is 15.7 Å². The van der Waals surface area contributed by atoms with Gasteiger partial charge in [-0.1, -0.05) is 39.4 Å². The van der Waals surface area contributed by atoms with Gasteiger partial charge in [0.25, 0.3) is 5.91 Å². The lowest BCUT2D eigenvalue weighted by molar-refractivity contribution is 0.0943. The van der Waals surface area contributed by atoms with Crippen molar-refractivity contribution in [3.05, 3.63) is 75.0 Å². The summed E-state index contributed by atoms with van der Waals surface area (Å²) in [7, 11) is 0. The summed E-state index contributed by atoms with van der Waals surface area (Å²) < 4.78 is 14.0. The van der Waals surface area contributed by atoms with Crippen molar-refractivity contribution in [3.8, 4) is 0 Å². The van der Waals surface area contributed by atoms with Gasteiger partial charge < -0.3 is 10.6 Å². The number of aryl methyl sites for hydroxylation is 1. The maximum absolute atomic E-state index is 13.0. The predicted molar refractivity (Wildman–Crippen MR) is 107 cm³/mol. The molecule has 3 rings (SSSR count). The predicted octanol–water partition coefficient (Wildman–Crippen LogP) is 5.59. The summed E-state index contributed by atoms with van der Waals surface area (Å²) in [6.45, 7) is 3.74. The number of benzene rings is 2. The molecule has 0 saturated carbocycles. The van der Waals surface area contributed by atoms with E-state index in [-0.39, 0.29) is 17.8 Å². The van der Waals surface area contributed by atoms with E-state index in [2.05, 4.69) is 31.5 Å². The molecule has 0 bridgehead atoms. The first-order valence-electron chi connectivity index (χ1n) is 7.98. The van der Waals surface area contributed by atoms with Gasteiger partial charge in [0.1, 0.15) is 10.7 Å². The fraction of sp³-hybridized carbons (Fsp3) is 0.158. The third-order valence-corrected chi connectivity index (χ3v) is 5.42. The first kappa shape index (κ1) is 18.5. The number of amides is 1. The molecule has 1 aromatic heterocycles. The molecular formula is C19H17BrFN3OS. The number of anilines is 2. The van der Waals surface area contributed by atoms with Gasteiger partial charge in [0.15, 0.2) is 5.13 Å². The number of carbonyl (C=O) groups excluding carboxylic acids is 1. The third-order valence-electron chi connectivity index (χ3n) is 3.82. The zero-order valence-corrected chi connectivity index (χ0v) is 16.6. The third kappa shape index (κ3) is 4.47. The molecule has 2 N–H and O–H groups in total. The molecule has 0 unspecified atom stereocenters. The van der Waals surface area contributed by atoms with Crippen LogP contribution in [0.1, 0.15) is 33.9 Å². The number of aromatic nitrogens is 1. The number of nitrogens with zero attached hydrogens (tertiary/aromatic N) is 1. The van der Waals surface area contributed by atoms with Crippen LogP contribution >= 0.6 is 27.3 Å². The van der Waals surface area contributed by atoms with E-state index in [1.54, 1.807) is 19.1 Å². The zero-order chi connectivity index (χ0) is 18.7. The minimum absolute atomic E-state index is 0.120. The molecule has 0 aliphatic heterocycles. The first-order valence-corrected chi connectivity index (χ1v) is 9.59.